The summed E-state index contributed by atoms with van der Waals surface area (Å²) < 4.78 is 0. The van der Waals surface area contributed by atoms with Gasteiger partial charge in [0.25, 0.3) is 0 Å². The fraction of sp³-hybridized carbons (Fsp3) is 1.00. The molecule has 2 N–H and O–H groups in total. The summed E-state index contributed by atoms with van der Waals surface area (Å²) in [6, 6.07) is 0. The summed E-state index contributed by atoms with van der Waals surface area (Å²) >= 11 is 0. The van der Waals surface area contributed by atoms with Crippen molar-refractivity contribution in [2.45, 2.75) is 26.1 Å². The third kappa shape index (κ3) is 11.5. The first kappa shape index (κ1) is 11.7. The monoisotopic (exact) mass is 224 g/mol. The first-order valence-corrected chi connectivity index (χ1v) is 2.13. The van der Waals surface area contributed by atoms with Crippen LogP contribution in [0, 0.1) is 0 Å². The van der Waals surface area contributed by atoms with Gasteiger partial charge < -0.3 is 11.6 Å². The Bertz CT molecular complexity index is 35.2. The molecular formula is C4H11CsO2. The van der Waals surface area contributed by atoms with Gasteiger partial charge in [-0.25, -0.2) is 0 Å². The zero-order valence-corrected chi connectivity index (χ0v) is 11.2. The maximum Gasteiger partial charge on any atom is 1.00 e. The van der Waals surface area contributed by atoms with Gasteiger partial charge in [0.15, 0.2) is 6.29 Å². The van der Waals surface area contributed by atoms with Gasteiger partial charge in [-0.05, 0) is 6.42 Å². The standard InChI is InChI=1S/C4H10O2.Cs.H/c1-2-3-4(5)6;;/h4-6H,2-3H2,1H3;;/q;+1;-1. The smallest absolute Gasteiger partial charge is 1.00 e. The molecule has 0 aliphatic rings. The van der Waals surface area contributed by atoms with Crippen LogP contribution < -0.4 is 68.9 Å². The van der Waals surface area contributed by atoms with Crippen molar-refractivity contribution < 1.29 is 80.5 Å². The Morgan fingerprint density at radius 2 is 2.00 bits per heavy atom. The van der Waals surface area contributed by atoms with Crippen LogP contribution in [-0.2, 0) is 0 Å². The zero-order valence-electron chi connectivity index (χ0n) is 5.89. The molecule has 0 unspecified atom stereocenters. The molecule has 0 saturated carbocycles. The van der Waals surface area contributed by atoms with E-state index >= 15 is 0 Å². The van der Waals surface area contributed by atoms with Crippen molar-refractivity contribution in [2.75, 3.05) is 0 Å². The van der Waals surface area contributed by atoms with Crippen LogP contribution in [0.5, 0.6) is 0 Å². The quantitative estimate of drug-likeness (QED) is 0.498. The Morgan fingerprint density at radius 3 is 2.00 bits per heavy atom. The van der Waals surface area contributed by atoms with E-state index in [4.69, 9.17) is 10.2 Å². The predicted molar refractivity (Wildman–Crippen MR) is 24.2 cm³/mol. The minimum atomic E-state index is -1.10. The maximum atomic E-state index is 8.11. The predicted octanol–water partition coefficient (Wildman–Crippen LogP) is -2.79. The van der Waals surface area contributed by atoms with Crippen LogP contribution in [-0.4, -0.2) is 16.5 Å². The molecule has 0 heterocycles. The summed E-state index contributed by atoms with van der Waals surface area (Å²) in [5.74, 6) is 0. The van der Waals surface area contributed by atoms with E-state index in [9.17, 15) is 0 Å². The van der Waals surface area contributed by atoms with Crippen molar-refractivity contribution >= 4 is 0 Å². The molecule has 0 aromatic rings. The van der Waals surface area contributed by atoms with Gasteiger partial charge in [-0.15, -0.1) is 0 Å². The Labute approximate surface area is 104 Å². The van der Waals surface area contributed by atoms with Gasteiger partial charge in [0.2, 0.25) is 0 Å². The Balaban J connectivity index is -0.000000125. The summed E-state index contributed by atoms with van der Waals surface area (Å²) in [5, 5.41) is 16.2. The second-order valence-electron chi connectivity index (χ2n) is 1.27. The molecule has 0 aliphatic heterocycles. The van der Waals surface area contributed by atoms with Gasteiger partial charge >= 0.3 is 68.9 Å². The Hall–Kier alpha value is 1.97. The Morgan fingerprint density at radius 1 is 1.57 bits per heavy atom. The van der Waals surface area contributed by atoms with E-state index in [0.29, 0.717) is 6.42 Å². The van der Waals surface area contributed by atoms with Crippen molar-refractivity contribution in [1.29, 1.82) is 0 Å². The van der Waals surface area contributed by atoms with Crippen molar-refractivity contribution in [3.63, 3.8) is 0 Å². The number of rotatable bonds is 2. The summed E-state index contributed by atoms with van der Waals surface area (Å²) in [4.78, 5) is 0. The van der Waals surface area contributed by atoms with E-state index in [1.807, 2.05) is 6.92 Å². The van der Waals surface area contributed by atoms with Gasteiger partial charge in [0.05, 0.1) is 0 Å². The number of aliphatic hydroxyl groups is 2. The van der Waals surface area contributed by atoms with Crippen LogP contribution in [0.3, 0.4) is 0 Å². The fourth-order valence-electron chi connectivity index (χ4n) is 0.258. The molecule has 0 spiro atoms. The molecule has 0 atom stereocenters. The minimum absolute atomic E-state index is 0. The van der Waals surface area contributed by atoms with Crippen molar-refractivity contribution in [3.8, 4) is 0 Å². The molecule has 7 heavy (non-hydrogen) atoms. The van der Waals surface area contributed by atoms with Gasteiger partial charge in [0, 0.05) is 0 Å². The molecule has 2 nitrogen and oxygen atoms in total. The first-order chi connectivity index (χ1) is 2.77. The van der Waals surface area contributed by atoms with Crippen molar-refractivity contribution in [1.82, 2.24) is 0 Å². The third-order valence-corrected chi connectivity index (χ3v) is 0.547. The number of hydrogen-bond donors (Lipinski definition) is 2. The third-order valence-electron chi connectivity index (χ3n) is 0.547. The zero-order chi connectivity index (χ0) is 4.99. The molecule has 0 saturated heterocycles. The molecule has 0 amide bonds. The number of hydrogen-bond acceptors (Lipinski definition) is 2. The SMILES string of the molecule is CCCC(O)O.[Cs+].[H-]. The van der Waals surface area contributed by atoms with Gasteiger partial charge in [-0.3, -0.25) is 0 Å². The van der Waals surface area contributed by atoms with E-state index in [1.54, 1.807) is 0 Å². The molecule has 0 aromatic heterocycles. The van der Waals surface area contributed by atoms with E-state index in [0.717, 1.165) is 6.42 Å². The van der Waals surface area contributed by atoms with E-state index in [2.05, 4.69) is 0 Å². The van der Waals surface area contributed by atoms with Crippen LogP contribution in [0.15, 0.2) is 0 Å². The van der Waals surface area contributed by atoms with E-state index < -0.39 is 6.29 Å². The second kappa shape index (κ2) is 7.97. The maximum absolute atomic E-state index is 8.11. The van der Waals surface area contributed by atoms with Gasteiger partial charge in [-0.1, -0.05) is 13.3 Å². The molecule has 0 rings (SSSR count). The summed E-state index contributed by atoms with van der Waals surface area (Å²) in [7, 11) is 0. The Kier molecular flexibility index (Phi) is 13.4. The summed E-state index contributed by atoms with van der Waals surface area (Å²) in [6.07, 6.45) is 0.215. The van der Waals surface area contributed by atoms with E-state index in [1.165, 1.54) is 0 Å². The minimum Gasteiger partial charge on any atom is -1.00 e. The van der Waals surface area contributed by atoms with E-state index in [-0.39, 0.29) is 70.3 Å². The molecule has 40 valence electrons. The van der Waals surface area contributed by atoms with Crippen LogP contribution in [0.25, 0.3) is 0 Å². The fourth-order valence-corrected chi connectivity index (χ4v) is 0.258. The average Bonchev–Trinajstić information content (AvgIpc) is 1.35. The molecular weight excluding hydrogens is 213 g/mol. The second-order valence-corrected chi connectivity index (χ2v) is 1.27. The van der Waals surface area contributed by atoms with Crippen molar-refractivity contribution in [2.24, 2.45) is 0 Å². The van der Waals surface area contributed by atoms with Gasteiger partial charge in [0.1, 0.15) is 0 Å². The van der Waals surface area contributed by atoms with Crippen LogP contribution in [0.2, 0.25) is 0 Å². The van der Waals surface area contributed by atoms with Crippen LogP contribution >= 0.6 is 0 Å². The largest absolute Gasteiger partial charge is 1.00 e. The summed E-state index contributed by atoms with van der Waals surface area (Å²) in [6.45, 7) is 1.90. The molecule has 0 aliphatic carbocycles. The van der Waals surface area contributed by atoms with Crippen molar-refractivity contribution in [3.05, 3.63) is 0 Å². The molecule has 0 bridgehead atoms. The molecule has 0 radical (unpaired) electrons. The van der Waals surface area contributed by atoms with Crippen LogP contribution in [0.4, 0.5) is 0 Å². The van der Waals surface area contributed by atoms with Crippen LogP contribution in [0.1, 0.15) is 21.2 Å². The normalized spacial score (nSPS) is 8.57. The molecule has 0 fully saturated rings. The molecule has 0 aromatic carbocycles. The van der Waals surface area contributed by atoms with Gasteiger partial charge in [-0.2, -0.15) is 0 Å². The topological polar surface area (TPSA) is 40.5 Å². The first-order valence-electron chi connectivity index (χ1n) is 2.13. The number of aliphatic hydroxyl groups excluding tert-OH is 1. The molecule has 3 heteroatoms. The summed E-state index contributed by atoms with van der Waals surface area (Å²) in [5.41, 5.74) is 0. The average molecular weight is 224 g/mol.